The fourth-order valence-corrected chi connectivity index (χ4v) is 1.96. The van der Waals surface area contributed by atoms with Crippen LogP contribution >= 0.6 is 0 Å². The van der Waals surface area contributed by atoms with Crippen molar-refractivity contribution in [2.75, 3.05) is 13.7 Å². The molecule has 2 atom stereocenters. The second-order valence-corrected chi connectivity index (χ2v) is 4.28. The van der Waals surface area contributed by atoms with E-state index in [0.717, 1.165) is 13.0 Å². The van der Waals surface area contributed by atoms with Gasteiger partial charge in [-0.25, -0.2) is 0 Å². The number of hydrogen-bond donors (Lipinski definition) is 1. The van der Waals surface area contributed by atoms with E-state index in [4.69, 9.17) is 4.74 Å². The first-order chi connectivity index (χ1) is 7.77. The van der Waals surface area contributed by atoms with Gasteiger partial charge in [0.05, 0.1) is 6.61 Å². The summed E-state index contributed by atoms with van der Waals surface area (Å²) in [4.78, 5) is 0. The molecule has 1 N–H and O–H groups in total. The van der Waals surface area contributed by atoms with E-state index >= 15 is 0 Å². The minimum atomic E-state index is 0.391. The Labute approximate surface area is 99.0 Å². The highest BCUT2D eigenvalue weighted by atomic mass is 16.5. The molecule has 0 saturated heterocycles. The molecule has 2 unspecified atom stereocenters. The summed E-state index contributed by atoms with van der Waals surface area (Å²) in [6.45, 7) is 5.14. The minimum absolute atomic E-state index is 0.391. The van der Waals surface area contributed by atoms with Gasteiger partial charge in [-0.1, -0.05) is 43.7 Å². The molecule has 0 radical (unpaired) electrons. The average Bonchev–Trinajstić information content (AvgIpc) is 2.30. The number of methoxy groups -OCH3 is 1. The molecule has 16 heavy (non-hydrogen) atoms. The lowest BCUT2D eigenvalue weighted by Crippen LogP contribution is -2.33. The Morgan fingerprint density at radius 3 is 2.50 bits per heavy atom. The standard InChI is InChI=1S/C14H23NO/c1-4-8-14(15-12(2)11-16-3)13-9-6-5-7-10-13/h5-7,9-10,12,14-15H,4,8,11H2,1-3H3. The van der Waals surface area contributed by atoms with Crippen LogP contribution in [0.15, 0.2) is 30.3 Å². The van der Waals surface area contributed by atoms with Gasteiger partial charge in [-0.2, -0.15) is 0 Å². The first-order valence-electron chi connectivity index (χ1n) is 6.07. The van der Waals surface area contributed by atoms with Gasteiger partial charge >= 0.3 is 0 Å². The molecule has 0 aliphatic rings. The highest BCUT2D eigenvalue weighted by Crippen LogP contribution is 2.18. The maximum absolute atomic E-state index is 5.16. The van der Waals surface area contributed by atoms with E-state index in [9.17, 15) is 0 Å². The van der Waals surface area contributed by atoms with Crippen LogP contribution in [0, 0.1) is 0 Å². The lowest BCUT2D eigenvalue weighted by molar-refractivity contribution is 0.165. The molecule has 0 saturated carbocycles. The van der Waals surface area contributed by atoms with Crippen molar-refractivity contribution >= 4 is 0 Å². The van der Waals surface area contributed by atoms with Crippen molar-refractivity contribution in [1.29, 1.82) is 0 Å². The van der Waals surface area contributed by atoms with Crippen LogP contribution in [0.5, 0.6) is 0 Å². The number of rotatable bonds is 7. The zero-order valence-corrected chi connectivity index (χ0v) is 10.6. The molecule has 1 aromatic rings. The summed E-state index contributed by atoms with van der Waals surface area (Å²) in [5.41, 5.74) is 1.37. The van der Waals surface area contributed by atoms with E-state index in [1.807, 2.05) is 0 Å². The van der Waals surface area contributed by atoms with Crippen molar-refractivity contribution in [2.45, 2.75) is 38.8 Å². The molecular weight excluding hydrogens is 198 g/mol. The van der Waals surface area contributed by atoms with Gasteiger partial charge in [0.1, 0.15) is 0 Å². The van der Waals surface area contributed by atoms with Crippen molar-refractivity contribution in [2.24, 2.45) is 0 Å². The molecule has 0 fully saturated rings. The molecule has 90 valence electrons. The first kappa shape index (κ1) is 13.2. The average molecular weight is 221 g/mol. The van der Waals surface area contributed by atoms with Gasteiger partial charge in [0.25, 0.3) is 0 Å². The zero-order chi connectivity index (χ0) is 11.8. The molecule has 2 nitrogen and oxygen atoms in total. The molecule has 0 aliphatic heterocycles. The monoisotopic (exact) mass is 221 g/mol. The molecule has 0 amide bonds. The minimum Gasteiger partial charge on any atom is -0.383 e. The largest absolute Gasteiger partial charge is 0.383 e. The van der Waals surface area contributed by atoms with E-state index < -0.39 is 0 Å². The van der Waals surface area contributed by atoms with Crippen LogP contribution < -0.4 is 5.32 Å². The van der Waals surface area contributed by atoms with Gasteiger partial charge in [-0.05, 0) is 18.9 Å². The molecule has 2 heteroatoms. The predicted octanol–water partition coefficient (Wildman–Crippen LogP) is 3.15. The molecule has 0 aliphatic carbocycles. The zero-order valence-electron chi connectivity index (χ0n) is 10.6. The third-order valence-corrected chi connectivity index (χ3v) is 2.68. The van der Waals surface area contributed by atoms with Crippen molar-refractivity contribution in [3.63, 3.8) is 0 Å². The Morgan fingerprint density at radius 1 is 1.25 bits per heavy atom. The van der Waals surface area contributed by atoms with Crippen LogP contribution in [0.3, 0.4) is 0 Å². The van der Waals surface area contributed by atoms with Crippen LogP contribution in [-0.4, -0.2) is 19.8 Å². The number of benzene rings is 1. The van der Waals surface area contributed by atoms with E-state index in [2.05, 4.69) is 49.5 Å². The van der Waals surface area contributed by atoms with Gasteiger partial charge < -0.3 is 10.1 Å². The molecule has 0 bridgehead atoms. The number of hydrogen-bond acceptors (Lipinski definition) is 2. The SMILES string of the molecule is CCCC(NC(C)COC)c1ccccc1. The van der Waals surface area contributed by atoms with Crippen molar-refractivity contribution in [3.05, 3.63) is 35.9 Å². The van der Waals surface area contributed by atoms with Crippen molar-refractivity contribution in [1.82, 2.24) is 5.32 Å². The van der Waals surface area contributed by atoms with Gasteiger partial charge in [-0.15, -0.1) is 0 Å². The third-order valence-electron chi connectivity index (χ3n) is 2.68. The fraction of sp³-hybridized carbons (Fsp3) is 0.571. The van der Waals surface area contributed by atoms with Crippen LogP contribution in [-0.2, 0) is 4.74 Å². The van der Waals surface area contributed by atoms with E-state index in [-0.39, 0.29) is 0 Å². The second-order valence-electron chi connectivity index (χ2n) is 4.28. The number of ether oxygens (including phenoxy) is 1. The molecular formula is C14H23NO. The summed E-state index contributed by atoms with van der Waals surface area (Å²) in [5, 5.41) is 3.61. The maximum atomic E-state index is 5.16. The summed E-state index contributed by atoms with van der Waals surface area (Å²) in [7, 11) is 1.75. The Morgan fingerprint density at radius 2 is 1.94 bits per heavy atom. The summed E-state index contributed by atoms with van der Waals surface area (Å²) < 4.78 is 5.16. The van der Waals surface area contributed by atoms with Crippen LogP contribution in [0.2, 0.25) is 0 Å². The number of nitrogens with one attached hydrogen (secondary N) is 1. The lowest BCUT2D eigenvalue weighted by atomic mass is 10.0. The predicted molar refractivity (Wildman–Crippen MR) is 68.6 cm³/mol. The third kappa shape index (κ3) is 4.33. The lowest BCUT2D eigenvalue weighted by Gasteiger charge is -2.23. The topological polar surface area (TPSA) is 21.3 Å². The van der Waals surface area contributed by atoms with E-state index in [1.54, 1.807) is 7.11 Å². The summed E-state index contributed by atoms with van der Waals surface area (Å²) >= 11 is 0. The van der Waals surface area contributed by atoms with E-state index in [0.29, 0.717) is 12.1 Å². The van der Waals surface area contributed by atoms with Crippen LogP contribution in [0.25, 0.3) is 0 Å². The Bertz CT molecular complexity index is 273. The molecule has 0 aromatic heterocycles. The molecule has 1 aromatic carbocycles. The summed E-state index contributed by atoms with van der Waals surface area (Å²) in [6, 6.07) is 11.5. The molecule has 0 spiro atoms. The van der Waals surface area contributed by atoms with Gasteiger partial charge in [0, 0.05) is 19.2 Å². The Hall–Kier alpha value is -0.860. The molecule has 1 rings (SSSR count). The Balaban J connectivity index is 2.60. The van der Waals surface area contributed by atoms with Crippen molar-refractivity contribution in [3.8, 4) is 0 Å². The molecule has 0 heterocycles. The van der Waals surface area contributed by atoms with Gasteiger partial charge in [0.15, 0.2) is 0 Å². The summed E-state index contributed by atoms with van der Waals surface area (Å²) in [6.07, 6.45) is 2.35. The first-order valence-corrected chi connectivity index (χ1v) is 6.07. The second kappa shape index (κ2) is 7.42. The highest BCUT2D eigenvalue weighted by molar-refractivity contribution is 5.18. The maximum Gasteiger partial charge on any atom is 0.0613 e. The van der Waals surface area contributed by atoms with Gasteiger partial charge in [0.2, 0.25) is 0 Å². The van der Waals surface area contributed by atoms with E-state index in [1.165, 1.54) is 12.0 Å². The highest BCUT2D eigenvalue weighted by Gasteiger charge is 2.12. The fourth-order valence-electron chi connectivity index (χ4n) is 1.96. The van der Waals surface area contributed by atoms with Crippen LogP contribution in [0.4, 0.5) is 0 Å². The normalized spacial score (nSPS) is 14.7. The Kier molecular flexibility index (Phi) is 6.12. The van der Waals surface area contributed by atoms with Gasteiger partial charge in [-0.3, -0.25) is 0 Å². The quantitative estimate of drug-likeness (QED) is 0.763. The summed E-state index contributed by atoms with van der Waals surface area (Å²) in [5.74, 6) is 0. The van der Waals surface area contributed by atoms with Crippen LogP contribution in [0.1, 0.15) is 38.3 Å². The van der Waals surface area contributed by atoms with Crippen molar-refractivity contribution < 1.29 is 4.74 Å². The smallest absolute Gasteiger partial charge is 0.0613 e.